The lowest BCUT2D eigenvalue weighted by Gasteiger charge is -1.99. The Kier molecular flexibility index (Phi) is 3.40. The van der Waals surface area contributed by atoms with Gasteiger partial charge >= 0.3 is 0 Å². The third-order valence-corrected chi connectivity index (χ3v) is 2.70. The molecule has 0 aliphatic heterocycles. The van der Waals surface area contributed by atoms with Gasteiger partial charge in [-0.3, -0.25) is 0 Å². The quantitative estimate of drug-likeness (QED) is 0.916. The predicted molar refractivity (Wildman–Crippen MR) is 62.2 cm³/mol. The van der Waals surface area contributed by atoms with Gasteiger partial charge in [0.15, 0.2) is 0 Å². The lowest BCUT2D eigenvalue weighted by molar-refractivity contribution is 0.361. The molecule has 1 aromatic carbocycles. The van der Waals surface area contributed by atoms with Gasteiger partial charge in [-0.15, -0.1) is 0 Å². The van der Waals surface area contributed by atoms with Crippen molar-refractivity contribution in [2.24, 2.45) is 5.73 Å². The summed E-state index contributed by atoms with van der Waals surface area (Å²) in [6, 6.07) is 4.02. The van der Waals surface area contributed by atoms with E-state index in [1.807, 2.05) is 6.92 Å². The van der Waals surface area contributed by atoms with Crippen molar-refractivity contribution in [3.8, 4) is 11.4 Å². The fourth-order valence-corrected chi connectivity index (χ4v) is 1.57. The highest BCUT2D eigenvalue weighted by Crippen LogP contribution is 2.27. The Bertz CT molecular complexity index is 529. The van der Waals surface area contributed by atoms with Crippen LogP contribution in [0, 0.1) is 5.82 Å². The molecular weight excluding hydrogens is 245 g/mol. The molecule has 6 heteroatoms. The summed E-state index contributed by atoms with van der Waals surface area (Å²) < 4.78 is 17.9. The molecule has 0 fully saturated rings. The molecule has 0 amide bonds. The van der Waals surface area contributed by atoms with Crippen molar-refractivity contribution in [1.29, 1.82) is 0 Å². The van der Waals surface area contributed by atoms with Crippen LogP contribution in [0.25, 0.3) is 11.4 Å². The Balaban J connectivity index is 2.37. The summed E-state index contributed by atoms with van der Waals surface area (Å²) in [4.78, 5) is 4.18. The third kappa shape index (κ3) is 2.45. The molecule has 1 aromatic heterocycles. The summed E-state index contributed by atoms with van der Waals surface area (Å²) in [5, 5.41) is 4.05. The molecule has 4 nitrogen and oxygen atoms in total. The van der Waals surface area contributed by atoms with Gasteiger partial charge in [-0.05, 0) is 18.2 Å². The Hall–Kier alpha value is -1.46. The zero-order valence-corrected chi connectivity index (χ0v) is 9.91. The Morgan fingerprint density at radius 3 is 2.94 bits per heavy atom. The number of nitrogens with two attached hydrogens (primary N) is 1. The number of hydrogen-bond acceptors (Lipinski definition) is 4. The summed E-state index contributed by atoms with van der Waals surface area (Å²) in [7, 11) is 0. The van der Waals surface area contributed by atoms with E-state index in [1.54, 1.807) is 0 Å². The van der Waals surface area contributed by atoms with Gasteiger partial charge in [0.2, 0.25) is 11.7 Å². The first-order chi connectivity index (χ1) is 8.11. The first-order valence-corrected chi connectivity index (χ1v) is 5.48. The van der Waals surface area contributed by atoms with Crippen molar-refractivity contribution < 1.29 is 8.91 Å². The number of aromatic nitrogens is 2. The highest BCUT2D eigenvalue weighted by Gasteiger charge is 2.15. The Labute approximate surface area is 103 Å². The molecule has 2 N–H and O–H groups in total. The number of nitrogens with zero attached hydrogens (tertiary/aromatic N) is 2. The van der Waals surface area contributed by atoms with Gasteiger partial charge in [-0.25, -0.2) is 4.39 Å². The van der Waals surface area contributed by atoms with Crippen LogP contribution in [0.2, 0.25) is 5.02 Å². The van der Waals surface area contributed by atoms with Crippen molar-refractivity contribution in [1.82, 2.24) is 10.1 Å². The van der Waals surface area contributed by atoms with Crippen LogP contribution < -0.4 is 5.73 Å². The molecule has 0 aliphatic carbocycles. The Morgan fingerprint density at radius 2 is 2.29 bits per heavy atom. The second-order valence-electron chi connectivity index (χ2n) is 3.72. The molecule has 2 rings (SSSR count). The second-order valence-corrected chi connectivity index (χ2v) is 4.12. The van der Waals surface area contributed by atoms with Crippen LogP contribution in [0.15, 0.2) is 22.7 Å². The minimum Gasteiger partial charge on any atom is -0.339 e. The molecule has 0 saturated carbocycles. The number of rotatable bonds is 3. The summed E-state index contributed by atoms with van der Waals surface area (Å²) in [6.45, 7) is 2.29. The van der Waals surface area contributed by atoms with E-state index in [0.29, 0.717) is 23.8 Å². The van der Waals surface area contributed by atoms with Crippen molar-refractivity contribution in [2.45, 2.75) is 12.8 Å². The van der Waals surface area contributed by atoms with Crippen LogP contribution in [0.5, 0.6) is 0 Å². The lowest BCUT2D eigenvalue weighted by atomic mass is 10.2. The molecule has 90 valence electrons. The summed E-state index contributed by atoms with van der Waals surface area (Å²) >= 11 is 5.90. The van der Waals surface area contributed by atoms with Gasteiger partial charge in [0.25, 0.3) is 0 Å². The lowest BCUT2D eigenvalue weighted by Crippen LogP contribution is -2.08. The molecule has 0 spiro atoms. The molecule has 0 saturated heterocycles. The van der Waals surface area contributed by atoms with E-state index in [-0.39, 0.29) is 10.9 Å². The van der Waals surface area contributed by atoms with Gasteiger partial charge in [0, 0.05) is 18.0 Å². The van der Waals surface area contributed by atoms with E-state index in [4.69, 9.17) is 21.9 Å². The van der Waals surface area contributed by atoms with Crippen LogP contribution >= 0.6 is 11.6 Å². The molecule has 0 radical (unpaired) electrons. The number of benzene rings is 1. The first-order valence-electron chi connectivity index (χ1n) is 5.11. The predicted octanol–water partition coefficient (Wildman–Crippen LogP) is 2.59. The van der Waals surface area contributed by atoms with Gasteiger partial charge in [0.1, 0.15) is 5.82 Å². The molecule has 1 unspecified atom stereocenters. The zero-order chi connectivity index (χ0) is 12.4. The van der Waals surface area contributed by atoms with Crippen molar-refractivity contribution >= 4 is 11.6 Å². The van der Waals surface area contributed by atoms with E-state index >= 15 is 0 Å². The van der Waals surface area contributed by atoms with E-state index < -0.39 is 5.82 Å². The standard InChI is InChI=1S/C11H11ClFN3O/c1-6(5-14)11-15-10(16-17-11)8-3-2-7(13)4-9(8)12/h2-4,6H,5,14H2,1H3. The van der Waals surface area contributed by atoms with E-state index in [0.717, 1.165) is 0 Å². The maximum absolute atomic E-state index is 12.9. The van der Waals surface area contributed by atoms with Crippen molar-refractivity contribution in [2.75, 3.05) is 6.54 Å². The molecule has 17 heavy (non-hydrogen) atoms. The number of halogens is 2. The average Bonchev–Trinajstić information content (AvgIpc) is 2.77. The number of hydrogen-bond donors (Lipinski definition) is 1. The molecular formula is C11H11ClFN3O. The SMILES string of the molecule is CC(CN)c1nc(-c2ccc(F)cc2Cl)no1. The molecule has 0 bridgehead atoms. The third-order valence-electron chi connectivity index (χ3n) is 2.39. The maximum atomic E-state index is 12.9. The van der Waals surface area contributed by atoms with E-state index in [1.165, 1.54) is 18.2 Å². The highest BCUT2D eigenvalue weighted by molar-refractivity contribution is 6.33. The van der Waals surface area contributed by atoms with Crippen LogP contribution in [0.1, 0.15) is 18.7 Å². The van der Waals surface area contributed by atoms with Crippen molar-refractivity contribution in [3.63, 3.8) is 0 Å². The smallest absolute Gasteiger partial charge is 0.231 e. The van der Waals surface area contributed by atoms with Crippen molar-refractivity contribution in [3.05, 3.63) is 34.9 Å². The topological polar surface area (TPSA) is 64.9 Å². The fourth-order valence-electron chi connectivity index (χ4n) is 1.32. The van der Waals surface area contributed by atoms with Gasteiger partial charge in [-0.2, -0.15) is 4.98 Å². The monoisotopic (exact) mass is 255 g/mol. The first kappa shape index (κ1) is 12.0. The minimum atomic E-state index is -0.405. The van der Waals surface area contributed by atoms with Crippen LogP contribution in [-0.4, -0.2) is 16.7 Å². The maximum Gasteiger partial charge on any atom is 0.231 e. The summed E-state index contributed by atoms with van der Waals surface area (Å²) in [5.74, 6) is 0.362. The van der Waals surface area contributed by atoms with Crippen LogP contribution in [0.3, 0.4) is 0 Å². The van der Waals surface area contributed by atoms with E-state index in [9.17, 15) is 4.39 Å². The zero-order valence-electron chi connectivity index (χ0n) is 9.15. The van der Waals surface area contributed by atoms with E-state index in [2.05, 4.69) is 10.1 Å². The second kappa shape index (κ2) is 4.81. The molecule has 2 aromatic rings. The highest BCUT2D eigenvalue weighted by atomic mass is 35.5. The summed E-state index contributed by atoms with van der Waals surface area (Å²) in [6.07, 6.45) is 0. The van der Waals surface area contributed by atoms with Gasteiger partial charge < -0.3 is 10.3 Å². The van der Waals surface area contributed by atoms with Crippen LogP contribution in [-0.2, 0) is 0 Å². The molecule has 0 aliphatic rings. The van der Waals surface area contributed by atoms with Gasteiger partial charge in [0.05, 0.1) is 5.02 Å². The largest absolute Gasteiger partial charge is 0.339 e. The van der Waals surface area contributed by atoms with Gasteiger partial charge in [-0.1, -0.05) is 23.7 Å². The molecule has 1 atom stereocenters. The minimum absolute atomic E-state index is 0.0181. The fraction of sp³-hybridized carbons (Fsp3) is 0.273. The average molecular weight is 256 g/mol. The normalized spacial score (nSPS) is 12.7. The molecule has 1 heterocycles. The van der Waals surface area contributed by atoms with Crippen LogP contribution in [0.4, 0.5) is 4.39 Å². The Morgan fingerprint density at radius 1 is 1.53 bits per heavy atom. The summed E-state index contributed by atoms with van der Waals surface area (Å²) in [5.41, 5.74) is 6.03.